The number of aromatic nitrogens is 3. The van der Waals surface area contributed by atoms with Crippen LogP contribution in [0.3, 0.4) is 0 Å². The lowest BCUT2D eigenvalue weighted by Crippen LogP contribution is -2.26. The van der Waals surface area contributed by atoms with Crippen LogP contribution in [-0.4, -0.2) is 20.7 Å². The highest BCUT2D eigenvalue weighted by Crippen LogP contribution is 2.48. The molecule has 1 fully saturated rings. The molecular formula is C17H20N4O. The van der Waals surface area contributed by atoms with E-state index in [1.807, 2.05) is 6.07 Å². The molecule has 2 aromatic rings. The van der Waals surface area contributed by atoms with Crippen molar-refractivity contribution in [1.82, 2.24) is 20.1 Å². The van der Waals surface area contributed by atoms with Crippen molar-refractivity contribution in [2.45, 2.75) is 45.2 Å². The van der Waals surface area contributed by atoms with E-state index in [4.69, 9.17) is 0 Å². The molecule has 2 heterocycles. The van der Waals surface area contributed by atoms with Gasteiger partial charge in [0, 0.05) is 18.9 Å². The van der Waals surface area contributed by atoms with Crippen molar-refractivity contribution in [3.63, 3.8) is 0 Å². The quantitative estimate of drug-likeness (QED) is 0.938. The molecule has 1 aliphatic carbocycles. The maximum atomic E-state index is 12.3. The van der Waals surface area contributed by atoms with Crippen LogP contribution >= 0.6 is 0 Å². The number of carbonyl (C=O) groups excluding carboxylic acids is 1. The summed E-state index contributed by atoms with van der Waals surface area (Å²) in [7, 11) is 0. The minimum absolute atomic E-state index is 0.113. The molecule has 0 saturated heterocycles. The van der Waals surface area contributed by atoms with E-state index in [1.165, 1.54) is 11.1 Å². The van der Waals surface area contributed by atoms with Gasteiger partial charge in [0.05, 0.1) is 6.54 Å². The Labute approximate surface area is 129 Å². The molecule has 0 radical (unpaired) electrons. The van der Waals surface area contributed by atoms with Gasteiger partial charge in [0.1, 0.15) is 5.82 Å². The van der Waals surface area contributed by atoms with Gasteiger partial charge in [-0.25, -0.2) is 0 Å². The summed E-state index contributed by atoms with van der Waals surface area (Å²) >= 11 is 0. The van der Waals surface area contributed by atoms with Gasteiger partial charge in [0.15, 0.2) is 5.82 Å². The number of nitrogens with zero attached hydrogens (tertiary/aromatic N) is 3. The van der Waals surface area contributed by atoms with Crippen molar-refractivity contribution in [2.24, 2.45) is 5.92 Å². The summed E-state index contributed by atoms with van der Waals surface area (Å²) in [4.78, 5) is 12.3. The minimum atomic E-state index is 0.113. The van der Waals surface area contributed by atoms with Crippen LogP contribution in [0, 0.1) is 12.8 Å². The van der Waals surface area contributed by atoms with E-state index in [9.17, 15) is 4.79 Å². The smallest absolute Gasteiger partial charge is 0.224 e. The third-order valence-electron chi connectivity index (χ3n) is 4.82. The SMILES string of the molecule is Cc1ccccc1C1CC1C(=O)NCc1nnc2n1CCC2. The molecule has 1 aliphatic heterocycles. The van der Waals surface area contributed by atoms with Gasteiger partial charge < -0.3 is 9.88 Å². The lowest BCUT2D eigenvalue weighted by Gasteiger charge is -2.07. The number of fused-ring (bicyclic) bond motifs is 1. The van der Waals surface area contributed by atoms with Gasteiger partial charge in [-0.2, -0.15) is 0 Å². The Hall–Kier alpha value is -2.17. The summed E-state index contributed by atoms with van der Waals surface area (Å²) in [5.74, 6) is 2.57. The first-order valence-corrected chi connectivity index (χ1v) is 7.98. The molecule has 114 valence electrons. The van der Waals surface area contributed by atoms with Gasteiger partial charge in [0.2, 0.25) is 5.91 Å². The van der Waals surface area contributed by atoms with Gasteiger partial charge in [0.25, 0.3) is 0 Å². The van der Waals surface area contributed by atoms with E-state index in [1.54, 1.807) is 0 Å². The van der Waals surface area contributed by atoms with Gasteiger partial charge >= 0.3 is 0 Å². The zero-order valence-corrected chi connectivity index (χ0v) is 12.7. The number of rotatable bonds is 4. The molecule has 0 bridgehead atoms. The number of hydrogen-bond donors (Lipinski definition) is 1. The summed E-state index contributed by atoms with van der Waals surface area (Å²) < 4.78 is 2.13. The van der Waals surface area contributed by atoms with E-state index >= 15 is 0 Å². The Kier molecular flexibility index (Phi) is 3.21. The third kappa shape index (κ3) is 2.30. The topological polar surface area (TPSA) is 59.8 Å². The predicted octanol–water partition coefficient (Wildman–Crippen LogP) is 1.95. The van der Waals surface area contributed by atoms with Crippen molar-refractivity contribution in [2.75, 3.05) is 0 Å². The van der Waals surface area contributed by atoms with Gasteiger partial charge in [-0.1, -0.05) is 24.3 Å². The van der Waals surface area contributed by atoms with Crippen LogP contribution in [0.25, 0.3) is 0 Å². The lowest BCUT2D eigenvalue weighted by atomic mass is 10.0. The number of benzene rings is 1. The van der Waals surface area contributed by atoms with Gasteiger partial charge in [-0.3, -0.25) is 4.79 Å². The molecule has 5 heteroatoms. The zero-order chi connectivity index (χ0) is 15.1. The third-order valence-corrected chi connectivity index (χ3v) is 4.82. The standard InChI is InChI=1S/C17H20N4O/c1-11-5-2-3-6-12(11)13-9-14(13)17(22)18-10-16-20-19-15-7-4-8-21(15)16/h2-3,5-6,13-14H,4,7-10H2,1H3,(H,18,22). The molecule has 22 heavy (non-hydrogen) atoms. The van der Waals surface area contributed by atoms with Crippen molar-refractivity contribution >= 4 is 5.91 Å². The molecular weight excluding hydrogens is 276 g/mol. The second-order valence-corrected chi connectivity index (χ2v) is 6.31. The highest BCUT2D eigenvalue weighted by Gasteiger charge is 2.44. The second-order valence-electron chi connectivity index (χ2n) is 6.31. The van der Waals surface area contributed by atoms with Crippen molar-refractivity contribution in [3.8, 4) is 0 Å². The second kappa shape index (κ2) is 5.23. The van der Waals surface area contributed by atoms with E-state index in [0.717, 1.165) is 37.5 Å². The summed E-state index contributed by atoms with van der Waals surface area (Å²) in [6.45, 7) is 3.58. The molecule has 5 nitrogen and oxygen atoms in total. The van der Waals surface area contributed by atoms with Crippen LogP contribution in [0.5, 0.6) is 0 Å². The maximum Gasteiger partial charge on any atom is 0.224 e. The Bertz CT molecular complexity index is 721. The average molecular weight is 296 g/mol. The summed E-state index contributed by atoms with van der Waals surface area (Å²) in [6, 6.07) is 8.35. The Morgan fingerprint density at radius 3 is 3.09 bits per heavy atom. The largest absolute Gasteiger partial charge is 0.349 e. The molecule has 1 aromatic heterocycles. The number of aryl methyl sites for hydroxylation is 2. The van der Waals surface area contributed by atoms with Crippen molar-refractivity contribution in [3.05, 3.63) is 47.0 Å². The number of nitrogens with one attached hydrogen (secondary N) is 1. The fourth-order valence-electron chi connectivity index (χ4n) is 3.47. The lowest BCUT2D eigenvalue weighted by molar-refractivity contribution is -0.122. The molecule has 4 rings (SSSR count). The first-order valence-electron chi connectivity index (χ1n) is 7.98. The zero-order valence-electron chi connectivity index (χ0n) is 12.7. The van der Waals surface area contributed by atoms with Gasteiger partial charge in [-0.05, 0) is 36.8 Å². The predicted molar refractivity (Wildman–Crippen MR) is 82.2 cm³/mol. The molecule has 2 atom stereocenters. The number of carbonyl (C=O) groups is 1. The molecule has 0 spiro atoms. The van der Waals surface area contributed by atoms with E-state index in [0.29, 0.717) is 12.5 Å². The fraction of sp³-hybridized carbons (Fsp3) is 0.471. The van der Waals surface area contributed by atoms with E-state index in [2.05, 4.69) is 45.2 Å². The Morgan fingerprint density at radius 2 is 2.23 bits per heavy atom. The van der Waals surface area contributed by atoms with E-state index in [-0.39, 0.29) is 11.8 Å². The van der Waals surface area contributed by atoms with Gasteiger partial charge in [-0.15, -0.1) is 10.2 Å². The molecule has 2 aliphatic rings. The van der Waals surface area contributed by atoms with Crippen LogP contribution in [0.2, 0.25) is 0 Å². The average Bonchev–Trinajstić information content (AvgIpc) is 3.00. The van der Waals surface area contributed by atoms with Crippen LogP contribution < -0.4 is 5.32 Å². The monoisotopic (exact) mass is 296 g/mol. The Balaban J connectivity index is 1.37. The number of hydrogen-bond acceptors (Lipinski definition) is 3. The van der Waals surface area contributed by atoms with Crippen molar-refractivity contribution in [1.29, 1.82) is 0 Å². The van der Waals surface area contributed by atoms with Crippen LogP contribution in [0.1, 0.15) is 41.5 Å². The van der Waals surface area contributed by atoms with Crippen LogP contribution in [-0.2, 0) is 24.3 Å². The van der Waals surface area contributed by atoms with Crippen molar-refractivity contribution < 1.29 is 4.79 Å². The highest BCUT2D eigenvalue weighted by atomic mass is 16.2. The minimum Gasteiger partial charge on any atom is -0.349 e. The maximum absolute atomic E-state index is 12.3. The molecule has 2 unspecified atom stereocenters. The Morgan fingerprint density at radius 1 is 1.36 bits per heavy atom. The molecule has 1 saturated carbocycles. The van der Waals surface area contributed by atoms with E-state index < -0.39 is 0 Å². The summed E-state index contributed by atoms with van der Waals surface area (Å²) in [6.07, 6.45) is 3.08. The summed E-state index contributed by atoms with van der Waals surface area (Å²) in [5.41, 5.74) is 2.59. The molecule has 1 aromatic carbocycles. The fourth-order valence-corrected chi connectivity index (χ4v) is 3.47. The number of amides is 1. The van der Waals surface area contributed by atoms with Crippen LogP contribution in [0.4, 0.5) is 0 Å². The molecule has 1 N–H and O–H groups in total. The first-order chi connectivity index (χ1) is 10.7. The normalized spacial score (nSPS) is 22.4. The first kappa shape index (κ1) is 13.5. The highest BCUT2D eigenvalue weighted by molar-refractivity contribution is 5.82. The molecule has 1 amide bonds. The van der Waals surface area contributed by atoms with Crippen LogP contribution in [0.15, 0.2) is 24.3 Å². The summed E-state index contributed by atoms with van der Waals surface area (Å²) in [5, 5.41) is 11.4.